The summed E-state index contributed by atoms with van der Waals surface area (Å²) >= 11 is 0. The topological polar surface area (TPSA) is 83.3 Å². The summed E-state index contributed by atoms with van der Waals surface area (Å²) in [6.45, 7) is 11.4. The molecule has 0 atom stereocenters. The average Bonchev–Trinajstić information content (AvgIpc) is 3.20. The largest absolute Gasteiger partial charge is 0.334 e. The standard InChI is InChI=1S/C22H21F3N6.C2H6/c1-5-13(3)11-14(6-2)17-9-10-19(26)31(29-17)21(27)22(24,25)16-7-8-18-15(20(16)23)12-30(4)28-18;1-2/h5-12,26-27H,2H2,1,3-4H3;1-2H3/b13-5-,14-11+,26-19?,27-21?;. The van der Waals surface area contributed by atoms with E-state index < -0.39 is 28.6 Å². The fraction of sp³-hybridized carbons (Fsp3) is 0.250. The first kappa shape index (κ1) is 25.5. The minimum Gasteiger partial charge on any atom is -0.283 e. The van der Waals surface area contributed by atoms with Gasteiger partial charge in [0.15, 0.2) is 5.84 Å². The number of rotatable bonds is 5. The molecule has 174 valence electrons. The molecule has 0 fully saturated rings. The fourth-order valence-corrected chi connectivity index (χ4v) is 3.00. The van der Waals surface area contributed by atoms with Crippen molar-refractivity contribution in [3.05, 3.63) is 83.4 Å². The smallest absolute Gasteiger partial charge is 0.283 e. The Labute approximate surface area is 190 Å². The van der Waals surface area contributed by atoms with Gasteiger partial charge in [0.1, 0.15) is 11.3 Å². The molecule has 0 radical (unpaired) electrons. The second kappa shape index (κ2) is 10.2. The van der Waals surface area contributed by atoms with Gasteiger partial charge in [-0.3, -0.25) is 15.5 Å². The number of alkyl halides is 2. The lowest BCUT2D eigenvalue weighted by molar-refractivity contribution is 0.0657. The first-order valence-electron chi connectivity index (χ1n) is 10.3. The van der Waals surface area contributed by atoms with E-state index in [0.29, 0.717) is 10.3 Å². The van der Waals surface area contributed by atoms with Crippen molar-refractivity contribution >= 4 is 22.3 Å². The predicted octanol–water partition coefficient (Wildman–Crippen LogP) is 5.57. The van der Waals surface area contributed by atoms with Crippen LogP contribution in [0.1, 0.15) is 39.0 Å². The van der Waals surface area contributed by atoms with E-state index in [1.807, 2.05) is 33.8 Å². The number of hydrogen-bond acceptors (Lipinski definition) is 4. The van der Waals surface area contributed by atoms with Crippen LogP contribution in [-0.4, -0.2) is 25.4 Å². The molecule has 0 spiro atoms. The summed E-state index contributed by atoms with van der Waals surface area (Å²) in [6.07, 6.45) is 6.40. The Morgan fingerprint density at radius 2 is 1.82 bits per heavy atom. The molecule has 0 saturated heterocycles. The minimum absolute atomic E-state index is 0.0796. The van der Waals surface area contributed by atoms with Crippen molar-refractivity contribution in [3.63, 3.8) is 0 Å². The molecular formula is C24H27F3N6. The second-order valence-corrected chi connectivity index (χ2v) is 6.94. The van der Waals surface area contributed by atoms with Crippen molar-refractivity contribution in [2.75, 3.05) is 0 Å². The number of nitrogens with one attached hydrogen (secondary N) is 2. The number of aromatic nitrogens is 4. The Kier molecular flexibility index (Phi) is 7.92. The van der Waals surface area contributed by atoms with E-state index in [0.717, 1.165) is 11.6 Å². The summed E-state index contributed by atoms with van der Waals surface area (Å²) in [7, 11) is 1.55. The fourth-order valence-electron chi connectivity index (χ4n) is 3.00. The number of fused-ring (bicyclic) bond motifs is 1. The molecule has 0 saturated carbocycles. The zero-order chi connectivity index (χ0) is 24.9. The molecule has 3 aromatic rings. The third kappa shape index (κ3) is 5.02. The van der Waals surface area contributed by atoms with Gasteiger partial charge in [0.2, 0.25) is 0 Å². The molecule has 0 unspecified atom stereocenters. The highest BCUT2D eigenvalue weighted by Gasteiger charge is 2.42. The van der Waals surface area contributed by atoms with Gasteiger partial charge in [0.05, 0.1) is 22.2 Å². The molecule has 2 aromatic heterocycles. The zero-order valence-corrected chi connectivity index (χ0v) is 19.2. The zero-order valence-electron chi connectivity index (χ0n) is 19.2. The molecule has 6 nitrogen and oxygen atoms in total. The highest BCUT2D eigenvalue weighted by Crippen LogP contribution is 2.34. The summed E-state index contributed by atoms with van der Waals surface area (Å²) in [5.41, 5.74) is 0.466. The second-order valence-electron chi connectivity index (χ2n) is 6.94. The van der Waals surface area contributed by atoms with Crippen LogP contribution < -0.4 is 5.49 Å². The van der Waals surface area contributed by atoms with Crippen LogP contribution in [0.15, 0.2) is 60.8 Å². The molecule has 0 aliphatic rings. The van der Waals surface area contributed by atoms with Crippen LogP contribution in [-0.2, 0) is 13.0 Å². The highest BCUT2D eigenvalue weighted by atomic mass is 19.3. The van der Waals surface area contributed by atoms with Gasteiger partial charge in [0, 0.05) is 18.8 Å². The third-order valence-electron chi connectivity index (χ3n) is 4.77. The molecule has 9 heteroatoms. The van der Waals surface area contributed by atoms with Crippen LogP contribution in [0.4, 0.5) is 13.2 Å². The monoisotopic (exact) mass is 456 g/mol. The molecule has 2 heterocycles. The van der Waals surface area contributed by atoms with Gasteiger partial charge in [-0.15, -0.1) is 0 Å². The molecule has 0 amide bonds. The van der Waals surface area contributed by atoms with Crippen molar-refractivity contribution in [1.29, 1.82) is 10.8 Å². The van der Waals surface area contributed by atoms with Gasteiger partial charge in [0.25, 0.3) is 0 Å². The van der Waals surface area contributed by atoms with E-state index >= 15 is 8.78 Å². The molecule has 33 heavy (non-hydrogen) atoms. The van der Waals surface area contributed by atoms with E-state index in [9.17, 15) is 4.39 Å². The van der Waals surface area contributed by atoms with Gasteiger partial charge >= 0.3 is 5.92 Å². The van der Waals surface area contributed by atoms with E-state index in [4.69, 9.17) is 10.8 Å². The van der Waals surface area contributed by atoms with Crippen molar-refractivity contribution in [1.82, 2.24) is 19.6 Å². The maximum atomic E-state index is 15.2. The number of hydrogen-bond donors (Lipinski definition) is 2. The van der Waals surface area contributed by atoms with Crippen LogP contribution in [0, 0.1) is 16.6 Å². The van der Waals surface area contributed by atoms with Gasteiger partial charge in [-0.25, -0.2) is 4.39 Å². The minimum atomic E-state index is -4.04. The van der Waals surface area contributed by atoms with E-state index in [-0.39, 0.29) is 16.6 Å². The number of halogens is 3. The van der Waals surface area contributed by atoms with E-state index in [2.05, 4.69) is 16.8 Å². The summed E-state index contributed by atoms with van der Waals surface area (Å²) in [4.78, 5) is 0. The molecule has 0 aliphatic heterocycles. The van der Waals surface area contributed by atoms with Gasteiger partial charge < -0.3 is 0 Å². The third-order valence-corrected chi connectivity index (χ3v) is 4.77. The van der Waals surface area contributed by atoms with Gasteiger partial charge in [-0.05, 0) is 38.1 Å². The summed E-state index contributed by atoms with van der Waals surface area (Å²) in [5.74, 6) is -6.55. The van der Waals surface area contributed by atoms with Crippen molar-refractivity contribution in [2.24, 2.45) is 7.05 Å². The highest BCUT2D eigenvalue weighted by molar-refractivity contribution is 5.90. The maximum absolute atomic E-state index is 15.2. The molecule has 0 aliphatic carbocycles. The Hall–Kier alpha value is -3.75. The Morgan fingerprint density at radius 3 is 2.42 bits per heavy atom. The molecular weight excluding hydrogens is 429 g/mol. The van der Waals surface area contributed by atoms with Crippen molar-refractivity contribution < 1.29 is 13.2 Å². The molecule has 1 aromatic carbocycles. The van der Waals surface area contributed by atoms with Crippen LogP contribution in [0.5, 0.6) is 0 Å². The molecule has 3 rings (SSSR count). The lowest BCUT2D eigenvalue weighted by Gasteiger charge is -2.20. The lowest BCUT2D eigenvalue weighted by Crippen LogP contribution is -2.40. The summed E-state index contributed by atoms with van der Waals surface area (Å²) < 4.78 is 47.1. The van der Waals surface area contributed by atoms with E-state index in [1.165, 1.54) is 35.2 Å². The van der Waals surface area contributed by atoms with Crippen LogP contribution in [0.3, 0.4) is 0 Å². The maximum Gasteiger partial charge on any atom is 0.334 e. The van der Waals surface area contributed by atoms with Crippen LogP contribution >= 0.6 is 0 Å². The Morgan fingerprint density at radius 1 is 1.15 bits per heavy atom. The van der Waals surface area contributed by atoms with Crippen LogP contribution in [0.2, 0.25) is 0 Å². The lowest BCUT2D eigenvalue weighted by atomic mass is 10.0. The molecule has 2 N–H and O–H groups in total. The first-order chi connectivity index (χ1) is 15.6. The number of benzene rings is 1. The van der Waals surface area contributed by atoms with Crippen molar-refractivity contribution in [2.45, 2.75) is 33.6 Å². The van der Waals surface area contributed by atoms with Gasteiger partial charge in [-0.2, -0.15) is 23.7 Å². The summed E-state index contributed by atoms with van der Waals surface area (Å²) in [5, 5.41) is 24.0. The Balaban J connectivity index is 0.00000187. The van der Waals surface area contributed by atoms with Gasteiger partial charge in [-0.1, -0.05) is 44.2 Å². The first-order valence-corrected chi connectivity index (χ1v) is 10.3. The quantitative estimate of drug-likeness (QED) is 0.299. The normalized spacial score (nSPS) is 12.4. The number of aryl methyl sites for hydroxylation is 1. The van der Waals surface area contributed by atoms with Crippen molar-refractivity contribution in [3.8, 4) is 0 Å². The molecule has 0 bridgehead atoms. The summed E-state index contributed by atoms with van der Waals surface area (Å²) in [6, 6.07) is 4.89. The Bertz CT molecular complexity index is 1310. The number of nitrogens with zero attached hydrogens (tertiary/aromatic N) is 4. The van der Waals surface area contributed by atoms with E-state index in [1.54, 1.807) is 13.1 Å². The SMILES string of the molecule is C=C/C(=C\C(C)=C/C)c1ccc(=N)n(C(=N)C(F)(F)c2ccc3nn(C)cc3c2F)n1.CC. The van der Waals surface area contributed by atoms with Crippen LogP contribution in [0.25, 0.3) is 16.5 Å². The predicted molar refractivity (Wildman–Crippen MR) is 125 cm³/mol. The number of allylic oxidation sites excluding steroid dienone is 5. The average molecular weight is 457 g/mol.